The van der Waals surface area contributed by atoms with Gasteiger partial charge in [-0.15, -0.1) is 0 Å². The maximum absolute atomic E-state index is 13.0. The molecule has 0 spiro atoms. The van der Waals surface area contributed by atoms with Crippen molar-refractivity contribution in [1.29, 1.82) is 0 Å². The number of amides is 2. The van der Waals surface area contributed by atoms with Gasteiger partial charge < -0.3 is 19.8 Å². The fourth-order valence-electron chi connectivity index (χ4n) is 4.72. The molecule has 0 aromatic carbocycles. The van der Waals surface area contributed by atoms with Crippen LogP contribution in [0, 0.1) is 0 Å². The average Bonchev–Trinajstić information content (AvgIpc) is 3.30. The van der Waals surface area contributed by atoms with Gasteiger partial charge in [0.25, 0.3) is 11.8 Å². The molecule has 25 heavy (non-hydrogen) atoms. The summed E-state index contributed by atoms with van der Waals surface area (Å²) in [6, 6.07) is 0.378. The number of carbonyl (C=O) groups is 2. The Morgan fingerprint density at radius 3 is 2.72 bits per heavy atom. The van der Waals surface area contributed by atoms with Crippen LogP contribution in [0.15, 0.2) is 5.16 Å². The molecule has 2 amide bonds. The first-order valence-electron chi connectivity index (χ1n) is 9.57. The van der Waals surface area contributed by atoms with E-state index in [-0.39, 0.29) is 30.0 Å². The zero-order valence-electron chi connectivity index (χ0n) is 14.8. The van der Waals surface area contributed by atoms with E-state index in [0.717, 1.165) is 50.7 Å². The summed E-state index contributed by atoms with van der Waals surface area (Å²) in [5.74, 6) is 0.0166. The summed E-state index contributed by atoms with van der Waals surface area (Å²) < 4.78 is 5.63. The van der Waals surface area contributed by atoms with Gasteiger partial charge in [0.1, 0.15) is 6.10 Å². The Hall–Kier alpha value is -1.63. The highest BCUT2D eigenvalue weighted by Gasteiger charge is 2.46. The highest BCUT2D eigenvalue weighted by Crippen LogP contribution is 2.36. The van der Waals surface area contributed by atoms with Crippen LogP contribution in [0.4, 0.5) is 0 Å². The van der Waals surface area contributed by atoms with Crippen molar-refractivity contribution in [3.05, 3.63) is 0 Å². The lowest BCUT2D eigenvalue weighted by atomic mass is 9.96. The molecule has 7 heteroatoms. The van der Waals surface area contributed by atoms with E-state index in [4.69, 9.17) is 9.57 Å². The summed E-state index contributed by atoms with van der Waals surface area (Å²) >= 11 is 0. The summed E-state index contributed by atoms with van der Waals surface area (Å²) in [4.78, 5) is 32.8. The number of rotatable bonds is 3. The van der Waals surface area contributed by atoms with Gasteiger partial charge in [-0.2, -0.15) is 0 Å². The minimum absolute atomic E-state index is 0.00476. The lowest BCUT2D eigenvalue weighted by Gasteiger charge is -2.34. The van der Waals surface area contributed by atoms with E-state index in [1.807, 2.05) is 11.8 Å². The Labute approximate surface area is 148 Å². The highest BCUT2D eigenvalue weighted by molar-refractivity contribution is 5.91. The molecule has 4 aliphatic rings. The fraction of sp³-hybridized carbons (Fsp3) is 0.833. The van der Waals surface area contributed by atoms with Gasteiger partial charge in [-0.25, -0.2) is 0 Å². The van der Waals surface area contributed by atoms with Crippen molar-refractivity contribution < 1.29 is 19.2 Å². The van der Waals surface area contributed by atoms with Crippen molar-refractivity contribution in [2.75, 3.05) is 6.61 Å². The molecule has 0 aromatic rings. The number of oxime groups is 1. The molecule has 0 aromatic heterocycles. The Balaban J connectivity index is 1.45. The highest BCUT2D eigenvalue weighted by atomic mass is 16.6. The van der Waals surface area contributed by atoms with Crippen LogP contribution in [0.2, 0.25) is 0 Å². The molecule has 3 saturated heterocycles. The SMILES string of the molecule is CC1=NOC(C(=O)NC2CCCC3CCC2N3C(=O)[C@@H]2CCCO2)C1. The molecule has 138 valence electrons. The van der Waals surface area contributed by atoms with E-state index in [2.05, 4.69) is 10.5 Å². The Kier molecular flexibility index (Phi) is 4.67. The van der Waals surface area contributed by atoms with Crippen LogP contribution in [-0.2, 0) is 19.2 Å². The van der Waals surface area contributed by atoms with Gasteiger partial charge >= 0.3 is 0 Å². The number of ether oxygens (including phenoxy) is 1. The quantitative estimate of drug-likeness (QED) is 0.834. The summed E-state index contributed by atoms with van der Waals surface area (Å²) in [7, 11) is 0. The van der Waals surface area contributed by atoms with E-state index >= 15 is 0 Å². The number of fused-ring (bicyclic) bond motifs is 2. The van der Waals surface area contributed by atoms with Gasteiger partial charge in [-0.3, -0.25) is 9.59 Å². The van der Waals surface area contributed by atoms with Crippen molar-refractivity contribution in [3.63, 3.8) is 0 Å². The molecule has 1 N–H and O–H groups in total. The van der Waals surface area contributed by atoms with Gasteiger partial charge in [-0.1, -0.05) is 5.16 Å². The molecule has 4 rings (SSSR count). The lowest BCUT2D eigenvalue weighted by molar-refractivity contribution is -0.145. The molecule has 0 saturated carbocycles. The van der Waals surface area contributed by atoms with Gasteiger partial charge in [0, 0.05) is 25.1 Å². The molecular weight excluding hydrogens is 322 g/mol. The Bertz CT molecular complexity index is 573. The molecule has 4 heterocycles. The molecule has 0 aliphatic carbocycles. The smallest absolute Gasteiger partial charge is 0.264 e. The number of hydrogen-bond acceptors (Lipinski definition) is 5. The van der Waals surface area contributed by atoms with Gasteiger partial charge in [-0.05, 0) is 51.9 Å². The van der Waals surface area contributed by atoms with E-state index < -0.39 is 6.10 Å². The van der Waals surface area contributed by atoms with Gasteiger partial charge in [0.15, 0.2) is 0 Å². The van der Waals surface area contributed by atoms with Gasteiger partial charge in [0.2, 0.25) is 6.10 Å². The molecule has 3 fully saturated rings. The van der Waals surface area contributed by atoms with E-state index in [1.165, 1.54) is 0 Å². The molecule has 0 radical (unpaired) electrons. The Morgan fingerprint density at radius 1 is 1.12 bits per heavy atom. The normalized spacial score (nSPS) is 37.4. The first-order valence-corrected chi connectivity index (χ1v) is 9.57. The maximum Gasteiger partial charge on any atom is 0.264 e. The predicted octanol–water partition coefficient (Wildman–Crippen LogP) is 1.36. The minimum atomic E-state index is -0.525. The number of carbonyl (C=O) groups excluding carboxylic acids is 2. The maximum atomic E-state index is 13.0. The van der Waals surface area contributed by atoms with Crippen LogP contribution in [0.25, 0.3) is 0 Å². The van der Waals surface area contributed by atoms with Crippen LogP contribution >= 0.6 is 0 Å². The van der Waals surface area contributed by atoms with E-state index in [1.54, 1.807) is 0 Å². The zero-order chi connectivity index (χ0) is 17.4. The largest absolute Gasteiger partial charge is 0.382 e. The molecule has 2 bridgehead atoms. The molecule has 4 unspecified atom stereocenters. The fourth-order valence-corrected chi connectivity index (χ4v) is 4.72. The third kappa shape index (κ3) is 3.26. The zero-order valence-corrected chi connectivity index (χ0v) is 14.8. The third-order valence-corrected chi connectivity index (χ3v) is 5.96. The van der Waals surface area contributed by atoms with Gasteiger partial charge in [0.05, 0.1) is 11.8 Å². The molecule has 4 aliphatic heterocycles. The second kappa shape index (κ2) is 6.94. The second-order valence-electron chi connectivity index (χ2n) is 7.72. The summed E-state index contributed by atoms with van der Waals surface area (Å²) in [5.41, 5.74) is 0.845. The van der Waals surface area contributed by atoms with Crippen molar-refractivity contribution in [2.45, 2.75) is 88.6 Å². The molecular formula is C18H27N3O4. The first kappa shape index (κ1) is 16.8. The average molecular weight is 349 g/mol. The van der Waals surface area contributed by atoms with Crippen LogP contribution in [-0.4, -0.2) is 59.4 Å². The number of nitrogens with one attached hydrogen (secondary N) is 1. The lowest BCUT2D eigenvalue weighted by Crippen LogP contribution is -2.54. The van der Waals surface area contributed by atoms with Crippen LogP contribution in [0.1, 0.15) is 58.3 Å². The van der Waals surface area contributed by atoms with Crippen LogP contribution in [0.3, 0.4) is 0 Å². The summed E-state index contributed by atoms with van der Waals surface area (Å²) in [5, 5.41) is 7.02. The summed E-state index contributed by atoms with van der Waals surface area (Å²) in [6.45, 7) is 2.54. The second-order valence-corrected chi connectivity index (χ2v) is 7.72. The molecule has 5 atom stereocenters. The first-order chi connectivity index (χ1) is 12.1. The molecule has 7 nitrogen and oxygen atoms in total. The number of nitrogens with zero attached hydrogens (tertiary/aromatic N) is 2. The predicted molar refractivity (Wildman–Crippen MR) is 91.0 cm³/mol. The van der Waals surface area contributed by atoms with Crippen molar-refractivity contribution in [1.82, 2.24) is 10.2 Å². The van der Waals surface area contributed by atoms with Crippen LogP contribution < -0.4 is 5.32 Å². The summed E-state index contributed by atoms with van der Waals surface area (Å²) in [6.07, 6.45) is 6.45. The van der Waals surface area contributed by atoms with E-state index in [0.29, 0.717) is 19.1 Å². The minimum Gasteiger partial charge on any atom is -0.382 e. The Morgan fingerprint density at radius 2 is 2.00 bits per heavy atom. The third-order valence-electron chi connectivity index (χ3n) is 5.96. The van der Waals surface area contributed by atoms with Crippen molar-refractivity contribution in [3.8, 4) is 0 Å². The number of hydrogen-bond donors (Lipinski definition) is 1. The monoisotopic (exact) mass is 349 g/mol. The van der Waals surface area contributed by atoms with E-state index in [9.17, 15) is 9.59 Å². The van der Waals surface area contributed by atoms with Crippen LogP contribution in [0.5, 0.6) is 0 Å². The van der Waals surface area contributed by atoms with Crippen molar-refractivity contribution >= 4 is 17.5 Å². The standard InChI is InChI=1S/C18H27N3O4/c1-11-10-16(25-20-11)17(22)19-13-5-2-4-12-7-8-14(13)21(12)18(23)15-6-3-9-24-15/h12-16H,2-10H2,1H3,(H,19,22)/t12?,13?,14?,15-,16?/m0/s1. The topological polar surface area (TPSA) is 80.2 Å². The van der Waals surface area contributed by atoms with Crippen molar-refractivity contribution in [2.24, 2.45) is 5.16 Å².